The molecule has 2 heterocycles. The maximum Gasteiger partial charge on any atom is 0.494 e. The molecule has 0 bridgehead atoms. The summed E-state index contributed by atoms with van der Waals surface area (Å²) in [6.45, 7) is 16.1. The highest BCUT2D eigenvalue weighted by molar-refractivity contribution is 6.66. The van der Waals surface area contributed by atoms with Gasteiger partial charge in [0.15, 0.2) is 0 Å². The molecule has 0 aliphatic carbocycles. The van der Waals surface area contributed by atoms with Crippen LogP contribution in [0.4, 0.5) is 0 Å². The van der Waals surface area contributed by atoms with Crippen molar-refractivity contribution in [1.82, 2.24) is 0 Å². The molecule has 2 aliphatic rings. The molecule has 1 aromatic carbocycles. The van der Waals surface area contributed by atoms with Gasteiger partial charge in [-0.15, -0.1) is 0 Å². The highest BCUT2D eigenvalue weighted by atomic mass is 16.7. The molecule has 0 amide bonds. The van der Waals surface area contributed by atoms with E-state index in [4.69, 9.17) is 18.6 Å². The lowest BCUT2D eigenvalue weighted by molar-refractivity contribution is 0.00578. The van der Waals surface area contributed by atoms with Crippen molar-refractivity contribution >= 4 is 25.2 Å². The number of benzene rings is 1. The minimum Gasteiger partial charge on any atom is -0.399 e. The molecule has 0 saturated carbocycles. The van der Waals surface area contributed by atoms with Crippen LogP contribution in [0, 0.1) is 11.3 Å². The Morgan fingerprint density at radius 3 is 1.23 bits per heavy atom. The zero-order chi connectivity index (χ0) is 19.5. The van der Waals surface area contributed by atoms with Crippen LogP contribution in [-0.2, 0) is 18.6 Å². The summed E-state index contributed by atoms with van der Waals surface area (Å²) in [5, 5.41) is 9.47. The van der Waals surface area contributed by atoms with Crippen LogP contribution in [0.15, 0.2) is 18.2 Å². The van der Waals surface area contributed by atoms with E-state index in [9.17, 15) is 5.26 Å². The minimum absolute atomic E-state index is 0.440. The van der Waals surface area contributed by atoms with Gasteiger partial charge in [0, 0.05) is 0 Å². The van der Waals surface area contributed by atoms with E-state index in [0.29, 0.717) is 5.56 Å². The fourth-order valence-electron chi connectivity index (χ4n) is 2.97. The van der Waals surface area contributed by atoms with Gasteiger partial charge in [-0.05, 0) is 78.4 Å². The van der Waals surface area contributed by atoms with Gasteiger partial charge in [-0.2, -0.15) is 5.26 Å². The summed E-state index contributed by atoms with van der Waals surface area (Å²) in [6.07, 6.45) is 0. The van der Waals surface area contributed by atoms with Crippen molar-refractivity contribution in [2.75, 3.05) is 0 Å². The predicted octanol–water partition coefficient (Wildman–Crippen LogP) is 2.16. The molecule has 0 aromatic heterocycles. The maximum atomic E-state index is 9.47. The molecule has 0 unspecified atom stereocenters. The lowest BCUT2D eigenvalue weighted by atomic mass is 9.71. The van der Waals surface area contributed by atoms with Crippen LogP contribution in [0.3, 0.4) is 0 Å². The van der Waals surface area contributed by atoms with Gasteiger partial charge < -0.3 is 18.6 Å². The quantitative estimate of drug-likeness (QED) is 0.761. The third kappa shape index (κ3) is 3.10. The summed E-state index contributed by atoms with van der Waals surface area (Å²) in [5.41, 5.74) is 0.368. The summed E-state index contributed by atoms with van der Waals surface area (Å²) >= 11 is 0. The smallest absolute Gasteiger partial charge is 0.399 e. The Bertz CT molecular complexity index is 681. The SMILES string of the molecule is CC1(C)OB(c2cc(C#N)cc(B3OC(C)(C)C(C)(C)O3)c2)OC1(C)C. The number of hydrogen-bond donors (Lipinski definition) is 0. The first-order valence-electron chi connectivity index (χ1n) is 9.04. The van der Waals surface area contributed by atoms with Gasteiger partial charge in [0.1, 0.15) is 0 Å². The Kier molecular flexibility index (Phi) is 4.36. The summed E-state index contributed by atoms with van der Waals surface area (Å²) in [6, 6.07) is 7.77. The van der Waals surface area contributed by atoms with Crippen molar-refractivity contribution < 1.29 is 18.6 Å². The van der Waals surface area contributed by atoms with Crippen LogP contribution < -0.4 is 10.9 Å². The largest absolute Gasteiger partial charge is 0.494 e. The van der Waals surface area contributed by atoms with Gasteiger partial charge in [-0.3, -0.25) is 0 Å². The Morgan fingerprint density at radius 1 is 0.654 bits per heavy atom. The summed E-state index contributed by atoms with van der Waals surface area (Å²) in [7, 11) is -1.07. The molecule has 1 aromatic rings. The van der Waals surface area contributed by atoms with Gasteiger partial charge in [-0.1, -0.05) is 6.07 Å². The Balaban J connectivity index is 1.96. The molecule has 2 fully saturated rings. The number of rotatable bonds is 2. The number of nitrogens with zero attached hydrogens (tertiary/aromatic N) is 1. The fourth-order valence-corrected chi connectivity index (χ4v) is 2.97. The first-order valence-corrected chi connectivity index (χ1v) is 9.04. The molecule has 0 radical (unpaired) electrons. The van der Waals surface area contributed by atoms with Crippen molar-refractivity contribution in [2.24, 2.45) is 0 Å². The van der Waals surface area contributed by atoms with Crippen molar-refractivity contribution in [3.8, 4) is 6.07 Å². The highest BCUT2D eigenvalue weighted by Gasteiger charge is 2.54. The van der Waals surface area contributed by atoms with E-state index in [-0.39, 0.29) is 0 Å². The molecule has 7 heteroatoms. The second-order valence-corrected chi connectivity index (χ2v) is 9.18. The summed E-state index contributed by atoms with van der Waals surface area (Å²) in [4.78, 5) is 0. The predicted molar refractivity (Wildman–Crippen MR) is 103 cm³/mol. The summed E-state index contributed by atoms with van der Waals surface area (Å²) in [5.74, 6) is 0. The second kappa shape index (κ2) is 5.84. The van der Waals surface area contributed by atoms with Crippen LogP contribution in [0.5, 0.6) is 0 Å². The monoisotopic (exact) mass is 355 g/mol. The first-order chi connectivity index (χ1) is 11.8. The molecule has 2 saturated heterocycles. The van der Waals surface area contributed by atoms with Gasteiger partial charge in [-0.25, -0.2) is 0 Å². The zero-order valence-electron chi connectivity index (χ0n) is 17.0. The van der Waals surface area contributed by atoms with E-state index in [1.54, 1.807) is 12.1 Å². The van der Waals surface area contributed by atoms with Gasteiger partial charge >= 0.3 is 14.2 Å². The van der Waals surface area contributed by atoms with E-state index in [2.05, 4.69) is 6.07 Å². The average molecular weight is 355 g/mol. The van der Waals surface area contributed by atoms with Crippen LogP contribution in [0.1, 0.15) is 61.0 Å². The van der Waals surface area contributed by atoms with Crippen LogP contribution in [-0.4, -0.2) is 36.6 Å². The van der Waals surface area contributed by atoms with E-state index in [1.165, 1.54) is 0 Å². The first kappa shape index (κ1) is 19.4. The minimum atomic E-state index is -0.533. The van der Waals surface area contributed by atoms with Crippen molar-refractivity contribution in [2.45, 2.75) is 77.8 Å². The highest BCUT2D eigenvalue weighted by Crippen LogP contribution is 2.37. The third-order valence-electron chi connectivity index (χ3n) is 6.16. The second-order valence-electron chi connectivity index (χ2n) is 9.18. The molecule has 2 aliphatic heterocycles. The van der Waals surface area contributed by atoms with Crippen LogP contribution in [0.2, 0.25) is 0 Å². The molecule has 5 nitrogen and oxygen atoms in total. The standard InChI is InChI=1S/C19H27B2NO4/c1-16(2)17(3,4)24-20(23-16)14-9-13(12-22)10-15(11-14)21-25-18(5,6)19(7,8)26-21/h9-11H,1-8H3. The van der Waals surface area contributed by atoms with Gasteiger partial charge in [0.05, 0.1) is 34.0 Å². The Labute approximate surface area is 157 Å². The van der Waals surface area contributed by atoms with E-state index in [0.717, 1.165) is 10.9 Å². The third-order valence-corrected chi connectivity index (χ3v) is 6.16. The Hall–Kier alpha value is -1.32. The lowest BCUT2D eigenvalue weighted by Crippen LogP contribution is -2.41. The van der Waals surface area contributed by atoms with E-state index >= 15 is 0 Å². The van der Waals surface area contributed by atoms with E-state index in [1.807, 2.05) is 61.5 Å². The topological polar surface area (TPSA) is 60.7 Å². The van der Waals surface area contributed by atoms with E-state index < -0.39 is 36.6 Å². The molecule has 0 N–H and O–H groups in total. The normalized spacial score (nSPS) is 25.3. The van der Waals surface area contributed by atoms with Crippen LogP contribution in [0.25, 0.3) is 0 Å². The number of nitriles is 1. The molecule has 26 heavy (non-hydrogen) atoms. The van der Waals surface area contributed by atoms with Gasteiger partial charge in [0.2, 0.25) is 0 Å². The van der Waals surface area contributed by atoms with Crippen molar-refractivity contribution in [3.05, 3.63) is 23.8 Å². The van der Waals surface area contributed by atoms with Crippen LogP contribution >= 0.6 is 0 Å². The average Bonchev–Trinajstić information content (AvgIpc) is 2.86. The lowest BCUT2D eigenvalue weighted by Gasteiger charge is -2.32. The van der Waals surface area contributed by atoms with Gasteiger partial charge in [0.25, 0.3) is 0 Å². The summed E-state index contributed by atoms with van der Waals surface area (Å²) < 4.78 is 24.5. The van der Waals surface area contributed by atoms with Crippen molar-refractivity contribution in [1.29, 1.82) is 5.26 Å². The Morgan fingerprint density at radius 2 is 0.962 bits per heavy atom. The maximum absolute atomic E-state index is 9.47. The molecule has 0 spiro atoms. The fraction of sp³-hybridized carbons (Fsp3) is 0.632. The molecule has 0 atom stereocenters. The number of hydrogen-bond acceptors (Lipinski definition) is 5. The molecular formula is C19H27B2NO4. The zero-order valence-corrected chi connectivity index (χ0v) is 17.0. The molecular weight excluding hydrogens is 328 g/mol. The molecule has 138 valence electrons. The molecule has 3 rings (SSSR count). The van der Waals surface area contributed by atoms with Crippen molar-refractivity contribution in [3.63, 3.8) is 0 Å².